The number of hydrogen-bond donors (Lipinski definition) is 1. The van der Waals surface area contributed by atoms with Gasteiger partial charge in [0.2, 0.25) is 0 Å². The van der Waals surface area contributed by atoms with Crippen molar-refractivity contribution < 1.29 is 0 Å². The van der Waals surface area contributed by atoms with Gasteiger partial charge in [-0.1, -0.05) is 60.7 Å². The molecule has 0 bridgehead atoms. The van der Waals surface area contributed by atoms with E-state index in [1.54, 1.807) is 0 Å². The molecular weight excluding hydrogens is 218 g/mol. The molecule has 0 aliphatic heterocycles. The average molecular weight is 237 g/mol. The van der Waals surface area contributed by atoms with Crippen LogP contribution in [-0.4, -0.2) is 0 Å². The van der Waals surface area contributed by atoms with Gasteiger partial charge in [0, 0.05) is 12.6 Å². The third-order valence-electron chi connectivity index (χ3n) is 3.62. The van der Waals surface area contributed by atoms with E-state index in [4.69, 9.17) is 0 Å². The van der Waals surface area contributed by atoms with Crippen LogP contribution in [0.15, 0.2) is 60.7 Å². The monoisotopic (exact) mass is 237 g/mol. The van der Waals surface area contributed by atoms with Crippen LogP contribution in [0.2, 0.25) is 0 Å². The molecule has 2 aromatic rings. The standard InChI is InChI=1S/C17H19N/c1-3-7-14(8-4-1)13-18-17(16-11-12-16)15-9-5-2-6-10-15/h1-10,16-18H,11-13H2. The maximum Gasteiger partial charge on any atom is 0.0351 e. The molecule has 1 nitrogen and oxygen atoms in total. The predicted octanol–water partition coefficient (Wildman–Crippen LogP) is 3.93. The Labute approximate surface area is 109 Å². The van der Waals surface area contributed by atoms with Crippen molar-refractivity contribution in [1.82, 2.24) is 5.32 Å². The molecule has 0 spiro atoms. The lowest BCUT2D eigenvalue weighted by atomic mass is 10.0. The molecule has 0 heterocycles. The highest BCUT2D eigenvalue weighted by molar-refractivity contribution is 5.22. The van der Waals surface area contributed by atoms with Gasteiger partial charge in [-0.15, -0.1) is 0 Å². The Morgan fingerprint density at radius 3 is 2.11 bits per heavy atom. The first-order valence-corrected chi connectivity index (χ1v) is 6.76. The number of rotatable bonds is 5. The van der Waals surface area contributed by atoms with Crippen molar-refractivity contribution in [2.75, 3.05) is 0 Å². The van der Waals surface area contributed by atoms with Crippen LogP contribution in [0.25, 0.3) is 0 Å². The largest absolute Gasteiger partial charge is 0.306 e. The van der Waals surface area contributed by atoms with E-state index in [-0.39, 0.29) is 0 Å². The van der Waals surface area contributed by atoms with E-state index in [1.807, 2.05) is 0 Å². The number of nitrogens with one attached hydrogen (secondary N) is 1. The van der Waals surface area contributed by atoms with E-state index >= 15 is 0 Å². The van der Waals surface area contributed by atoms with Gasteiger partial charge < -0.3 is 5.32 Å². The summed E-state index contributed by atoms with van der Waals surface area (Å²) < 4.78 is 0. The van der Waals surface area contributed by atoms with Crippen LogP contribution in [-0.2, 0) is 6.54 Å². The van der Waals surface area contributed by atoms with Gasteiger partial charge >= 0.3 is 0 Å². The van der Waals surface area contributed by atoms with Gasteiger partial charge in [-0.05, 0) is 29.9 Å². The first-order chi connectivity index (χ1) is 8.93. The second-order valence-corrected chi connectivity index (χ2v) is 5.09. The molecule has 1 N–H and O–H groups in total. The van der Waals surface area contributed by atoms with Crippen molar-refractivity contribution in [3.05, 3.63) is 71.8 Å². The summed E-state index contributed by atoms with van der Waals surface area (Å²) in [5.74, 6) is 0.830. The summed E-state index contributed by atoms with van der Waals surface area (Å²) in [7, 11) is 0. The Bertz CT molecular complexity index is 473. The normalized spacial score (nSPS) is 16.4. The van der Waals surface area contributed by atoms with Gasteiger partial charge in [-0.2, -0.15) is 0 Å². The maximum atomic E-state index is 3.71. The van der Waals surface area contributed by atoms with E-state index in [2.05, 4.69) is 66.0 Å². The summed E-state index contributed by atoms with van der Waals surface area (Å²) in [6, 6.07) is 22.0. The summed E-state index contributed by atoms with van der Waals surface area (Å²) in [5.41, 5.74) is 2.79. The van der Waals surface area contributed by atoms with E-state index in [0.29, 0.717) is 6.04 Å². The minimum absolute atomic E-state index is 0.520. The fraction of sp³-hybridized carbons (Fsp3) is 0.294. The highest BCUT2D eigenvalue weighted by Gasteiger charge is 2.31. The van der Waals surface area contributed by atoms with E-state index in [0.717, 1.165) is 12.5 Å². The summed E-state index contributed by atoms with van der Waals surface area (Å²) in [6.07, 6.45) is 2.72. The third kappa shape index (κ3) is 2.80. The van der Waals surface area contributed by atoms with Crippen molar-refractivity contribution in [2.45, 2.75) is 25.4 Å². The molecule has 1 atom stereocenters. The molecule has 0 saturated heterocycles. The average Bonchev–Trinajstić information content (AvgIpc) is 3.26. The molecule has 0 aromatic heterocycles. The zero-order chi connectivity index (χ0) is 12.2. The molecule has 0 amide bonds. The van der Waals surface area contributed by atoms with Gasteiger partial charge in [-0.25, -0.2) is 0 Å². The Morgan fingerprint density at radius 1 is 0.889 bits per heavy atom. The lowest BCUT2D eigenvalue weighted by molar-refractivity contribution is 0.480. The molecule has 1 aliphatic carbocycles. The number of hydrogen-bond acceptors (Lipinski definition) is 1. The zero-order valence-corrected chi connectivity index (χ0v) is 10.5. The Balaban J connectivity index is 1.68. The second-order valence-electron chi connectivity index (χ2n) is 5.09. The third-order valence-corrected chi connectivity index (χ3v) is 3.62. The minimum atomic E-state index is 0.520. The van der Waals surface area contributed by atoms with Crippen molar-refractivity contribution in [2.24, 2.45) is 5.92 Å². The molecule has 2 aromatic carbocycles. The van der Waals surface area contributed by atoms with E-state index in [1.165, 1.54) is 24.0 Å². The molecule has 18 heavy (non-hydrogen) atoms. The molecule has 1 unspecified atom stereocenters. The predicted molar refractivity (Wildman–Crippen MR) is 75.2 cm³/mol. The number of benzene rings is 2. The molecule has 1 fully saturated rings. The summed E-state index contributed by atoms with van der Waals surface area (Å²) >= 11 is 0. The smallest absolute Gasteiger partial charge is 0.0351 e. The lowest BCUT2D eigenvalue weighted by Crippen LogP contribution is -2.22. The fourth-order valence-corrected chi connectivity index (χ4v) is 2.47. The van der Waals surface area contributed by atoms with Crippen LogP contribution in [0, 0.1) is 5.92 Å². The Morgan fingerprint density at radius 2 is 1.50 bits per heavy atom. The van der Waals surface area contributed by atoms with Gasteiger partial charge in [0.25, 0.3) is 0 Å². The van der Waals surface area contributed by atoms with Crippen LogP contribution < -0.4 is 5.32 Å². The SMILES string of the molecule is c1ccc(CNC(c2ccccc2)C2CC2)cc1. The quantitative estimate of drug-likeness (QED) is 0.831. The first-order valence-electron chi connectivity index (χ1n) is 6.76. The van der Waals surface area contributed by atoms with Gasteiger partial charge in [-0.3, -0.25) is 0 Å². The Kier molecular flexibility index (Phi) is 3.42. The first kappa shape index (κ1) is 11.5. The van der Waals surface area contributed by atoms with Crippen molar-refractivity contribution >= 4 is 0 Å². The maximum absolute atomic E-state index is 3.71. The van der Waals surface area contributed by atoms with Gasteiger partial charge in [0.1, 0.15) is 0 Å². The molecule has 1 saturated carbocycles. The zero-order valence-electron chi connectivity index (χ0n) is 10.5. The summed E-state index contributed by atoms with van der Waals surface area (Å²) in [4.78, 5) is 0. The van der Waals surface area contributed by atoms with Crippen molar-refractivity contribution in [3.63, 3.8) is 0 Å². The van der Waals surface area contributed by atoms with Gasteiger partial charge in [0.05, 0.1) is 0 Å². The van der Waals surface area contributed by atoms with Crippen LogP contribution in [0.4, 0.5) is 0 Å². The second kappa shape index (κ2) is 5.36. The molecular formula is C17H19N. The van der Waals surface area contributed by atoms with Crippen molar-refractivity contribution in [1.29, 1.82) is 0 Å². The molecule has 1 heteroatoms. The van der Waals surface area contributed by atoms with Crippen LogP contribution >= 0.6 is 0 Å². The minimum Gasteiger partial charge on any atom is -0.306 e. The lowest BCUT2D eigenvalue weighted by Gasteiger charge is -2.18. The molecule has 3 rings (SSSR count). The summed E-state index contributed by atoms with van der Waals surface area (Å²) in [5, 5.41) is 3.71. The molecule has 92 valence electrons. The van der Waals surface area contributed by atoms with Crippen LogP contribution in [0.1, 0.15) is 30.0 Å². The highest BCUT2D eigenvalue weighted by atomic mass is 14.9. The fourth-order valence-electron chi connectivity index (χ4n) is 2.47. The highest BCUT2D eigenvalue weighted by Crippen LogP contribution is 2.41. The summed E-state index contributed by atoms with van der Waals surface area (Å²) in [6.45, 7) is 0.955. The Hall–Kier alpha value is -1.60. The van der Waals surface area contributed by atoms with Crippen molar-refractivity contribution in [3.8, 4) is 0 Å². The van der Waals surface area contributed by atoms with Crippen LogP contribution in [0.5, 0.6) is 0 Å². The van der Waals surface area contributed by atoms with Gasteiger partial charge in [0.15, 0.2) is 0 Å². The van der Waals surface area contributed by atoms with Crippen LogP contribution in [0.3, 0.4) is 0 Å². The molecule has 1 aliphatic rings. The molecule has 0 radical (unpaired) electrons. The topological polar surface area (TPSA) is 12.0 Å². The van der Waals surface area contributed by atoms with E-state index in [9.17, 15) is 0 Å². The van der Waals surface area contributed by atoms with E-state index < -0.39 is 0 Å².